The van der Waals surface area contributed by atoms with Gasteiger partial charge in [-0.3, -0.25) is 0 Å². The number of hydrogen-bond donors (Lipinski definition) is 0. The van der Waals surface area contributed by atoms with E-state index in [0.29, 0.717) is 0 Å². The van der Waals surface area contributed by atoms with E-state index in [1.165, 1.54) is 10.2 Å². The fourth-order valence-corrected chi connectivity index (χ4v) is 1.96. The van der Waals surface area contributed by atoms with Crippen molar-refractivity contribution in [3.63, 3.8) is 0 Å². The minimum atomic E-state index is 1.13. The molecule has 1 heterocycles. The zero-order chi connectivity index (χ0) is 7.84. The Hall–Kier alpha value is -0.825. The van der Waals surface area contributed by atoms with Gasteiger partial charge in [0.25, 0.3) is 0 Å². The maximum atomic E-state index is 4.39. The van der Waals surface area contributed by atoms with Gasteiger partial charge in [0.05, 0.1) is 15.2 Å². The number of aryl methyl sites for hydroxylation is 1. The molecule has 0 N–H and O–H groups in total. The molecule has 0 bridgehead atoms. The molecule has 2 aromatic rings. The molecule has 0 saturated heterocycles. The fraction of sp³-hybridized carbons (Fsp3) is 0.125. The summed E-state index contributed by atoms with van der Waals surface area (Å²) >= 11 is 1.75. The second kappa shape index (κ2) is 2.34. The average Bonchev–Trinajstić information content (AvgIpc) is 2.27. The summed E-state index contributed by atoms with van der Waals surface area (Å²) in [6, 6.07) is 6.38. The van der Waals surface area contributed by atoms with Gasteiger partial charge < -0.3 is 0 Å². The number of thiazole rings is 1. The molecular weight excluding hydrogens is 153 g/mol. The van der Waals surface area contributed by atoms with Gasteiger partial charge in [-0.15, -0.1) is 11.3 Å². The summed E-state index contributed by atoms with van der Waals surface area (Å²) in [6.45, 7) is 2.04. The lowest BCUT2D eigenvalue weighted by atomic mass is 9.96. The third-order valence-corrected chi connectivity index (χ3v) is 2.60. The third-order valence-electron chi connectivity index (χ3n) is 1.65. The molecule has 54 valence electrons. The van der Waals surface area contributed by atoms with Crippen molar-refractivity contribution in [3.8, 4) is 0 Å². The number of benzene rings is 1. The van der Waals surface area contributed by atoms with Crippen LogP contribution in [0.1, 0.15) is 5.01 Å². The first kappa shape index (κ1) is 6.86. The minimum Gasteiger partial charge on any atom is -0.242 e. The minimum absolute atomic E-state index is 1.13. The first-order valence-corrected chi connectivity index (χ1v) is 4.41. The highest BCUT2D eigenvalue weighted by atomic mass is 32.1. The van der Waals surface area contributed by atoms with Crippen LogP contribution in [0.25, 0.3) is 10.2 Å². The van der Waals surface area contributed by atoms with Gasteiger partial charge in [-0.1, -0.05) is 11.5 Å². The molecule has 11 heavy (non-hydrogen) atoms. The van der Waals surface area contributed by atoms with Gasteiger partial charge in [0.1, 0.15) is 7.85 Å². The Morgan fingerprint density at radius 2 is 2.27 bits per heavy atom. The Kier molecular flexibility index (Phi) is 1.46. The smallest absolute Gasteiger partial charge is 0.139 e. The van der Waals surface area contributed by atoms with Gasteiger partial charge in [-0.05, 0) is 19.1 Å². The molecule has 0 radical (unpaired) electrons. The summed E-state index contributed by atoms with van der Waals surface area (Å²) in [7, 11) is 2.09. The van der Waals surface area contributed by atoms with Gasteiger partial charge >= 0.3 is 0 Å². The van der Waals surface area contributed by atoms with Crippen LogP contribution in [0.5, 0.6) is 0 Å². The van der Waals surface area contributed by atoms with Crippen LogP contribution >= 0.6 is 11.3 Å². The second-order valence-corrected chi connectivity index (χ2v) is 3.94. The van der Waals surface area contributed by atoms with Crippen LogP contribution < -0.4 is 5.46 Å². The standard InChI is InChI=1S/C8H8BNS/c1-5-10-7-4-6(9)2-3-8(7)11-5/h2-4H,9H2,1H3. The summed E-state index contributed by atoms with van der Waals surface area (Å²) < 4.78 is 1.29. The third kappa shape index (κ3) is 1.16. The molecule has 0 aliphatic heterocycles. The largest absolute Gasteiger partial charge is 0.242 e. The van der Waals surface area contributed by atoms with Crippen LogP contribution in [0.2, 0.25) is 0 Å². The van der Waals surface area contributed by atoms with E-state index in [9.17, 15) is 0 Å². The number of hydrogen-bond acceptors (Lipinski definition) is 2. The van der Waals surface area contributed by atoms with Gasteiger partial charge in [-0.25, -0.2) is 4.98 Å². The molecular formula is C8H8BNS. The molecule has 0 atom stereocenters. The zero-order valence-corrected chi connectivity index (χ0v) is 7.40. The first-order valence-electron chi connectivity index (χ1n) is 3.59. The lowest BCUT2D eigenvalue weighted by Gasteiger charge is -1.88. The van der Waals surface area contributed by atoms with Crippen molar-refractivity contribution in [1.82, 2.24) is 4.98 Å². The number of nitrogens with zero attached hydrogens (tertiary/aromatic N) is 1. The molecule has 0 spiro atoms. The number of rotatable bonds is 0. The molecule has 1 nitrogen and oxygen atoms in total. The first-order chi connectivity index (χ1) is 5.25. The van der Waals surface area contributed by atoms with Crippen LogP contribution in [0, 0.1) is 6.92 Å². The van der Waals surface area contributed by atoms with Crippen molar-refractivity contribution in [2.75, 3.05) is 0 Å². The van der Waals surface area contributed by atoms with Gasteiger partial charge in [0.2, 0.25) is 0 Å². The van der Waals surface area contributed by atoms with E-state index >= 15 is 0 Å². The van der Waals surface area contributed by atoms with E-state index in [1.54, 1.807) is 11.3 Å². The predicted octanol–water partition coefficient (Wildman–Crippen LogP) is 0.863. The highest BCUT2D eigenvalue weighted by Gasteiger charge is 1.98. The molecule has 0 saturated carbocycles. The number of fused-ring (bicyclic) bond motifs is 1. The number of aromatic nitrogens is 1. The molecule has 0 unspecified atom stereocenters. The Balaban J connectivity index is 2.82. The highest BCUT2D eigenvalue weighted by Crippen LogP contribution is 2.19. The normalized spacial score (nSPS) is 10.6. The Bertz CT molecular complexity index is 394. The highest BCUT2D eigenvalue weighted by molar-refractivity contribution is 7.18. The van der Waals surface area contributed by atoms with Crippen molar-refractivity contribution in [2.24, 2.45) is 0 Å². The second-order valence-electron chi connectivity index (χ2n) is 2.70. The maximum Gasteiger partial charge on any atom is 0.139 e. The summed E-state index contributed by atoms with van der Waals surface area (Å²) in [5.74, 6) is 0. The van der Waals surface area contributed by atoms with Crippen LogP contribution in [-0.2, 0) is 0 Å². The van der Waals surface area contributed by atoms with Crippen LogP contribution in [-0.4, -0.2) is 12.8 Å². The SMILES string of the molecule is Bc1ccc2sc(C)nc2c1. The van der Waals surface area contributed by atoms with Crippen molar-refractivity contribution < 1.29 is 0 Å². The monoisotopic (exact) mass is 161 g/mol. The molecule has 0 aliphatic carbocycles. The van der Waals surface area contributed by atoms with E-state index in [2.05, 4.69) is 31.0 Å². The van der Waals surface area contributed by atoms with Crippen LogP contribution in [0.15, 0.2) is 18.2 Å². The Morgan fingerprint density at radius 3 is 3.09 bits per heavy atom. The Morgan fingerprint density at radius 1 is 1.45 bits per heavy atom. The maximum absolute atomic E-state index is 4.39. The van der Waals surface area contributed by atoms with Crippen LogP contribution in [0.4, 0.5) is 0 Å². The van der Waals surface area contributed by atoms with Gasteiger partial charge in [-0.2, -0.15) is 0 Å². The van der Waals surface area contributed by atoms with E-state index in [-0.39, 0.29) is 0 Å². The molecule has 3 heteroatoms. The molecule has 1 aromatic heterocycles. The van der Waals surface area contributed by atoms with E-state index < -0.39 is 0 Å². The summed E-state index contributed by atoms with van der Waals surface area (Å²) in [5, 5.41) is 1.14. The van der Waals surface area contributed by atoms with E-state index in [0.717, 1.165) is 10.5 Å². The quantitative estimate of drug-likeness (QED) is 0.522. The lowest BCUT2D eigenvalue weighted by Crippen LogP contribution is -1.98. The van der Waals surface area contributed by atoms with Gasteiger partial charge in [0, 0.05) is 0 Å². The topological polar surface area (TPSA) is 12.9 Å². The van der Waals surface area contributed by atoms with Crippen LogP contribution in [0.3, 0.4) is 0 Å². The van der Waals surface area contributed by atoms with Crippen molar-refractivity contribution >= 4 is 34.9 Å². The fourth-order valence-electron chi connectivity index (χ4n) is 1.15. The zero-order valence-electron chi connectivity index (χ0n) is 6.59. The summed E-state index contributed by atoms with van der Waals surface area (Å²) in [6.07, 6.45) is 0. The predicted molar refractivity (Wildman–Crippen MR) is 52.5 cm³/mol. The lowest BCUT2D eigenvalue weighted by molar-refractivity contribution is 1.35. The molecule has 1 aromatic carbocycles. The molecule has 2 rings (SSSR count). The molecule has 0 amide bonds. The average molecular weight is 161 g/mol. The van der Waals surface area contributed by atoms with E-state index in [4.69, 9.17) is 0 Å². The summed E-state index contributed by atoms with van der Waals surface area (Å²) in [4.78, 5) is 4.39. The summed E-state index contributed by atoms with van der Waals surface area (Å²) in [5.41, 5.74) is 2.41. The molecule has 0 aliphatic rings. The van der Waals surface area contributed by atoms with E-state index in [1.807, 2.05) is 6.92 Å². The van der Waals surface area contributed by atoms with Crippen molar-refractivity contribution in [3.05, 3.63) is 23.2 Å². The molecule has 0 fully saturated rings. The van der Waals surface area contributed by atoms with Crippen molar-refractivity contribution in [1.29, 1.82) is 0 Å². The Labute approximate surface area is 70.5 Å². The van der Waals surface area contributed by atoms with Gasteiger partial charge in [0.15, 0.2) is 0 Å². The van der Waals surface area contributed by atoms with Crippen molar-refractivity contribution in [2.45, 2.75) is 6.92 Å².